The summed E-state index contributed by atoms with van der Waals surface area (Å²) in [5, 5.41) is 0. The van der Waals surface area contributed by atoms with Gasteiger partial charge in [-0.15, -0.1) is 0 Å². The Bertz CT molecular complexity index is 840. The first-order valence-electron chi connectivity index (χ1n) is 8.54. The first-order valence-corrected chi connectivity index (χ1v) is 8.54. The molecule has 0 aliphatic carbocycles. The average molecular weight is 373 g/mol. The predicted octanol–water partition coefficient (Wildman–Crippen LogP) is 3.57. The summed E-state index contributed by atoms with van der Waals surface area (Å²) in [5.41, 5.74) is 3.78. The number of ether oxygens (including phenoxy) is 2. The Labute approximate surface area is 158 Å². The van der Waals surface area contributed by atoms with Crippen LogP contribution in [-0.2, 0) is 16.1 Å². The van der Waals surface area contributed by atoms with Crippen LogP contribution in [0.25, 0.3) is 0 Å². The third-order valence-corrected chi connectivity index (χ3v) is 4.27. The van der Waals surface area contributed by atoms with E-state index in [-0.39, 0.29) is 24.8 Å². The summed E-state index contributed by atoms with van der Waals surface area (Å²) in [7, 11) is 2.96. The van der Waals surface area contributed by atoms with Gasteiger partial charge in [0.2, 0.25) is 0 Å². The number of halogens is 1. The van der Waals surface area contributed by atoms with Crippen molar-refractivity contribution < 1.29 is 23.5 Å². The number of carbonyl (C=O) groups excluding carboxylic acids is 2. The molecular formula is C21H24FNO4. The molecule has 0 saturated heterocycles. The molecule has 0 radical (unpaired) electrons. The van der Waals surface area contributed by atoms with E-state index >= 15 is 0 Å². The molecule has 2 rings (SSSR count). The number of amides is 1. The van der Waals surface area contributed by atoms with E-state index in [9.17, 15) is 14.0 Å². The molecule has 1 amide bonds. The maximum absolute atomic E-state index is 13.7. The summed E-state index contributed by atoms with van der Waals surface area (Å²) in [4.78, 5) is 26.0. The van der Waals surface area contributed by atoms with Gasteiger partial charge in [-0.05, 0) is 49.6 Å². The fourth-order valence-electron chi connectivity index (χ4n) is 2.98. The quantitative estimate of drug-likeness (QED) is 0.727. The molecular weight excluding hydrogens is 349 g/mol. The highest BCUT2D eigenvalue weighted by atomic mass is 19.1. The molecule has 0 aromatic heterocycles. The molecule has 144 valence electrons. The van der Waals surface area contributed by atoms with E-state index in [2.05, 4.69) is 0 Å². The highest BCUT2D eigenvalue weighted by Gasteiger charge is 2.18. The van der Waals surface area contributed by atoms with Crippen LogP contribution in [0.4, 0.5) is 4.39 Å². The highest BCUT2D eigenvalue weighted by molar-refractivity contribution is 5.94. The summed E-state index contributed by atoms with van der Waals surface area (Å²) in [6.45, 7) is 5.45. The van der Waals surface area contributed by atoms with E-state index in [1.807, 2.05) is 32.9 Å². The number of hydrogen-bond donors (Lipinski definition) is 0. The Morgan fingerprint density at radius 3 is 2.26 bits per heavy atom. The number of likely N-dealkylation sites (N-methyl/N-ethyl adjacent to an activating group) is 1. The van der Waals surface area contributed by atoms with Crippen molar-refractivity contribution in [2.24, 2.45) is 0 Å². The Morgan fingerprint density at radius 2 is 1.70 bits per heavy atom. The second kappa shape index (κ2) is 8.66. The van der Waals surface area contributed by atoms with Gasteiger partial charge in [-0.1, -0.05) is 23.8 Å². The molecule has 0 heterocycles. The van der Waals surface area contributed by atoms with Crippen molar-refractivity contribution in [3.8, 4) is 5.75 Å². The van der Waals surface area contributed by atoms with E-state index in [1.165, 1.54) is 24.1 Å². The van der Waals surface area contributed by atoms with Gasteiger partial charge < -0.3 is 14.4 Å². The van der Waals surface area contributed by atoms with E-state index in [1.54, 1.807) is 13.1 Å². The number of esters is 1. The molecule has 2 aromatic carbocycles. The lowest BCUT2D eigenvalue weighted by Crippen LogP contribution is -2.31. The lowest BCUT2D eigenvalue weighted by Gasteiger charge is -2.18. The van der Waals surface area contributed by atoms with Crippen molar-refractivity contribution >= 4 is 11.9 Å². The van der Waals surface area contributed by atoms with Crippen molar-refractivity contribution in [2.45, 2.75) is 27.3 Å². The topological polar surface area (TPSA) is 55.8 Å². The van der Waals surface area contributed by atoms with Crippen molar-refractivity contribution in [3.63, 3.8) is 0 Å². The van der Waals surface area contributed by atoms with Crippen LogP contribution in [0.1, 0.15) is 32.6 Å². The van der Waals surface area contributed by atoms with Crippen LogP contribution >= 0.6 is 0 Å². The first-order chi connectivity index (χ1) is 12.7. The van der Waals surface area contributed by atoms with Crippen LogP contribution in [0, 0.1) is 26.6 Å². The van der Waals surface area contributed by atoms with Gasteiger partial charge in [0.1, 0.15) is 0 Å². The van der Waals surface area contributed by atoms with Crippen LogP contribution in [0.2, 0.25) is 0 Å². The van der Waals surface area contributed by atoms with Gasteiger partial charge >= 0.3 is 5.97 Å². The van der Waals surface area contributed by atoms with Crippen LogP contribution < -0.4 is 4.74 Å². The summed E-state index contributed by atoms with van der Waals surface area (Å²) in [6.07, 6.45) is 0. The zero-order valence-corrected chi connectivity index (χ0v) is 16.3. The van der Waals surface area contributed by atoms with E-state index in [0.29, 0.717) is 11.1 Å². The fourth-order valence-corrected chi connectivity index (χ4v) is 2.98. The molecule has 0 N–H and O–H groups in total. The molecule has 0 fully saturated rings. The normalized spacial score (nSPS) is 10.4. The van der Waals surface area contributed by atoms with Gasteiger partial charge in [0, 0.05) is 13.6 Å². The number of carbonyl (C=O) groups is 2. The summed E-state index contributed by atoms with van der Waals surface area (Å²) >= 11 is 0. The van der Waals surface area contributed by atoms with Crippen molar-refractivity contribution in [1.29, 1.82) is 0 Å². The molecule has 2 aromatic rings. The molecule has 0 spiro atoms. The second-order valence-corrected chi connectivity index (χ2v) is 6.57. The minimum absolute atomic E-state index is 0.144. The van der Waals surface area contributed by atoms with Crippen LogP contribution in [0.3, 0.4) is 0 Å². The lowest BCUT2D eigenvalue weighted by atomic mass is 10.00. The monoisotopic (exact) mass is 373 g/mol. The lowest BCUT2D eigenvalue weighted by molar-refractivity contribution is -0.133. The van der Waals surface area contributed by atoms with Crippen molar-refractivity contribution in [2.75, 3.05) is 20.8 Å². The molecule has 0 unspecified atom stereocenters. The maximum Gasteiger partial charge on any atom is 0.339 e. The Balaban J connectivity index is 1.97. The number of methoxy groups -OCH3 is 1. The van der Waals surface area contributed by atoms with Crippen LogP contribution in [0.5, 0.6) is 5.75 Å². The summed E-state index contributed by atoms with van der Waals surface area (Å²) in [5.74, 6) is -1.25. The summed E-state index contributed by atoms with van der Waals surface area (Å²) < 4.78 is 23.8. The number of rotatable bonds is 6. The van der Waals surface area contributed by atoms with Gasteiger partial charge in [0.15, 0.2) is 18.2 Å². The average Bonchev–Trinajstić information content (AvgIpc) is 2.58. The van der Waals surface area contributed by atoms with Crippen LogP contribution in [-0.4, -0.2) is 37.5 Å². The second-order valence-electron chi connectivity index (χ2n) is 6.57. The van der Waals surface area contributed by atoms with Gasteiger partial charge in [-0.25, -0.2) is 9.18 Å². The molecule has 0 atom stereocenters. The third-order valence-electron chi connectivity index (χ3n) is 4.27. The zero-order valence-electron chi connectivity index (χ0n) is 16.3. The molecule has 0 aliphatic heterocycles. The van der Waals surface area contributed by atoms with Crippen molar-refractivity contribution in [1.82, 2.24) is 4.90 Å². The highest BCUT2D eigenvalue weighted by Crippen LogP contribution is 2.19. The Morgan fingerprint density at radius 1 is 1.07 bits per heavy atom. The molecule has 0 aliphatic rings. The molecule has 0 saturated carbocycles. The molecule has 6 heteroatoms. The minimum atomic E-state index is -0.526. The SMILES string of the molecule is COc1ccc(CN(C)C(=O)COC(=O)c2c(C)cc(C)cc2C)cc1F. The fraction of sp³-hybridized carbons (Fsp3) is 0.333. The largest absolute Gasteiger partial charge is 0.494 e. The Kier molecular flexibility index (Phi) is 6.55. The maximum atomic E-state index is 13.7. The van der Waals surface area contributed by atoms with E-state index < -0.39 is 11.8 Å². The van der Waals surface area contributed by atoms with Gasteiger partial charge in [-0.3, -0.25) is 4.79 Å². The standard InChI is InChI=1S/C21H24FNO4/c1-13-8-14(2)20(15(3)9-13)21(25)27-12-19(24)23(4)11-16-6-7-18(26-5)17(22)10-16/h6-10H,11-12H2,1-5H3. The summed E-state index contributed by atoms with van der Waals surface area (Å²) in [6, 6.07) is 8.29. The van der Waals surface area contributed by atoms with E-state index in [4.69, 9.17) is 9.47 Å². The molecule has 27 heavy (non-hydrogen) atoms. The minimum Gasteiger partial charge on any atom is -0.494 e. The molecule has 5 nitrogen and oxygen atoms in total. The van der Waals surface area contributed by atoms with Gasteiger partial charge in [-0.2, -0.15) is 0 Å². The number of hydrogen-bond acceptors (Lipinski definition) is 4. The van der Waals surface area contributed by atoms with Gasteiger partial charge in [0.05, 0.1) is 12.7 Å². The van der Waals surface area contributed by atoms with E-state index in [0.717, 1.165) is 16.7 Å². The first kappa shape index (κ1) is 20.4. The number of aryl methyl sites for hydroxylation is 3. The van der Waals surface area contributed by atoms with Gasteiger partial charge in [0.25, 0.3) is 5.91 Å². The van der Waals surface area contributed by atoms with Crippen molar-refractivity contribution in [3.05, 3.63) is 64.0 Å². The molecule has 0 bridgehead atoms. The predicted molar refractivity (Wildman–Crippen MR) is 100 cm³/mol. The third kappa shape index (κ3) is 5.06. The zero-order chi connectivity index (χ0) is 20.1. The smallest absolute Gasteiger partial charge is 0.339 e. The van der Waals surface area contributed by atoms with Crippen LogP contribution in [0.15, 0.2) is 30.3 Å². The number of nitrogens with zero attached hydrogens (tertiary/aromatic N) is 1. The number of benzene rings is 2. The Hall–Kier alpha value is -2.89.